The fraction of sp³-hybridized carbons (Fsp3) is 0.400. The van der Waals surface area contributed by atoms with Crippen LogP contribution in [0.1, 0.15) is 102 Å². The van der Waals surface area contributed by atoms with Crippen LogP contribution in [-0.4, -0.2) is 0 Å². The summed E-state index contributed by atoms with van der Waals surface area (Å²) in [6, 6.07) is 35.3. The van der Waals surface area contributed by atoms with Gasteiger partial charge in [-0.2, -0.15) is 0 Å². The first-order valence-electron chi connectivity index (χ1n) is 16.7. The van der Waals surface area contributed by atoms with E-state index < -0.39 is 0 Å². The molecule has 42 heavy (non-hydrogen) atoms. The molecule has 0 saturated heterocycles. The Labute approximate surface area is 256 Å². The maximum Gasteiger partial charge on any atom is 0.0384 e. The molecule has 0 atom stereocenters. The second kappa shape index (κ2) is 18.1. The van der Waals surface area contributed by atoms with Crippen molar-refractivity contribution < 1.29 is 0 Å². The Kier molecular flexibility index (Phi) is 13.5. The van der Waals surface area contributed by atoms with Crippen LogP contribution in [0.3, 0.4) is 0 Å². The fourth-order valence-corrected chi connectivity index (χ4v) is 5.55. The molecule has 222 valence electrons. The summed E-state index contributed by atoms with van der Waals surface area (Å²) in [7, 11) is 0. The molecule has 2 heteroatoms. The van der Waals surface area contributed by atoms with Crippen LogP contribution in [0.5, 0.6) is 0 Å². The first-order valence-corrected chi connectivity index (χ1v) is 16.7. The number of hydrogen-bond acceptors (Lipinski definition) is 2. The molecule has 4 rings (SSSR count). The van der Waals surface area contributed by atoms with Crippen molar-refractivity contribution in [1.82, 2.24) is 0 Å². The Morgan fingerprint density at radius 2 is 0.619 bits per heavy atom. The summed E-state index contributed by atoms with van der Waals surface area (Å²) in [5, 5.41) is 7.10. The summed E-state index contributed by atoms with van der Waals surface area (Å²) in [6.07, 6.45) is 18.5. The Hall–Kier alpha value is -3.52. The summed E-state index contributed by atoms with van der Waals surface area (Å²) >= 11 is 0. The maximum atomic E-state index is 3.55. The molecule has 2 nitrogen and oxygen atoms in total. The smallest absolute Gasteiger partial charge is 0.0384 e. The van der Waals surface area contributed by atoms with Crippen LogP contribution in [0.4, 0.5) is 22.7 Å². The van der Waals surface area contributed by atoms with Gasteiger partial charge in [-0.1, -0.05) is 127 Å². The van der Waals surface area contributed by atoms with Crippen LogP contribution >= 0.6 is 0 Å². The molecular weight excluding hydrogens is 508 g/mol. The van der Waals surface area contributed by atoms with Crippen molar-refractivity contribution in [3.8, 4) is 11.1 Å². The molecule has 0 amide bonds. The molecular formula is C40H52N2. The van der Waals surface area contributed by atoms with Gasteiger partial charge < -0.3 is 10.6 Å². The number of nitrogens with one attached hydrogen (secondary N) is 2. The molecule has 0 heterocycles. The summed E-state index contributed by atoms with van der Waals surface area (Å²) < 4.78 is 0. The SMILES string of the molecule is CCCCCCCCc1ccc(Nc2ccc(-c3ccc(Nc4ccc(CCCCCCCC)cc4)cc3)cc2)cc1. The molecule has 0 aliphatic carbocycles. The Bertz CT molecular complexity index is 1150. The Balaban J connectivity index is 1.20. The Morgan fingerprint density at radius 3 is 0.952 bits per heavy atom. The Morgan fingerprint density at radius 1 is 0.333 bits per heavy atom. The number of unbranched alkanes of at least 4 members (excludes halogenated alkanes) is 10. The van der Waals surface area contributed by atoms with Crippen molar-refractivity contribution in [3.05, 3.63) is 108 Å². The van der Waals surface area contributed by atoms with E-state index >= 15 is 0 Å². The highest BCUT2D eigenvalue weighted by Crippen LogP contribution is 2.26. The maximum absolute atomic E-state index is 3.55. The molecule has 0 saturated carbocycles. The van der Waals surface area contributed by atoms with Gasteiger partial charge in [0.1, 0.15) is 0 Å². The first-order chi connectivity index (χ1) is 20.7. The summed E-state index contributed by atoms with van der Waals surface area (Å²) in [5.74, 6) is 0. The normalized spacial score (nSPS) is 11.0. The van der Waals surface area contributed by atoms with E-state index in [0.29, 0.717) is 0 Å². The van der Waals surface area contributed by atoms with Crippen molar-refractivity contribution in [3.63, 3.8) is 0 Å². The third-order valence-electron chi connectivity index (χ3n) is 8.23. The van der Waals surface area contributed by atoms with Gasteiger partial charge in [-0.15, -0.1) is 0 Å². The van der Waals surface area contributed by atoms with Crippen molar-refractivity contribution >= 4 is 22.7 Å². The molecule has 0 unspecified atom stereocenters. The van der Waals surface area contributed by atoms with Crippen LogP contribution < -0.4 is 10.6 Å². The van der Waals surface area contributed by atoms with Crippen molar-refractivity contribution in [2.24, 2.45) is 0 Å². The highest BCUT2D eigenvalue weighted by Gasteiger charge is 2.02. The minimum Gasteiger partial charge on any atom is -0.356 e. The monoisotopic (exact) mass is 560 g/mol. The van der Waals surface area contributed by atoms with Gasteiger partial charge in [0.15, 0.2) is 0 Å². The van der Waals surface area contributed by atoms with E-state index in [2.05, 4.69) is 122 Å². The number of rotatable bonds is 19. The largest absolute Gasteiger partial charge is 0.356 e. The highest BCUT2D eigenvalue weighted by molar-refractivity contribution is 5.71. The van der Waals surface area contributed by atoms with Gasteiger partial charge in [-0.3, -0.25) is 0 Å². The zero-order chi connectivity index (χ0) is 29.2. The van der Waals surface area contributed by atoms with Gasteiger partial charge >= 0.3 is 0 Å². The summed E-state index contributed by atoms with van der Waals surface area (Å²) in [5.41, 5.74) is 9.82. The van der Waals surface area contributed by atoms with Crippen LogP contribution in [0.25, 0.3) is 11.1 Å². The lowest BCUT2D eigenvalue weighted by molar-refractivity contribution is 0.607. The molecule has 2 N–H and O–H groups in total. The van der Waals surface area contributed by atoms with E-state index in [1.165, 1.54) is 112 Å². The first kappa shape index (κ1) is 31.4. The van der Waals surface area contributed by atoms with Gasteiger partial charge in [-0.05, 0) is 96.5 Å². The second-order valence-corrected chi connectivity index (χ2v) is 11.8. The molecule has 0 aliphatic heterocycles. The zero-order valence-electron chi connectivity index (χ0n) is 26.1. The number of aryl methyl sites for hydroxylation is 2. The molecule has 0 aromatic heterocycles. The van der Waals surface area contributed by atoms with Gasteiger partial charge in [0.2, 0.25) is 0 Å². The molecule has 4 aromatic carbocycles. The van der Waals surface area contributed by atoms with Gasteiger partial charge in [0, 0.05) is 22.7 Å². The molecule has 0 bridgehead atoms. The van der Waals surface area contributed by atoms with Crippen LogP contribution in [0, 0.1) is 0 Å². The lowest BCUT2D eigenvalue weighted by Gasteiger charge is -2.11. The van der Waals surface area contributed by atoms with E-state index in [1.807, 2.05) is 0 Å². The van der Waals surface area contributed by atoms with E-state index in [0.717, 1.165) is 22.7 Å². The third kappa shape index (κ3) is 11.0. The van der Waals surface area contributed by atoms with Gasteiger partial charge in [-0.25, -0.2) is 0 Å². The summed E-state index contributed by atoms with van der Waals surface area (Å²) in [6.45, 7) is 4.55. The predicted octanol–water partition coefficient (Wildman–Crippen LogP) is 12.6. The van der Waals surface area contributed by atoms with E-state index in [4.69, 9.17) is 0 Å². The zero-order valence-corrected chi connectivity index (χ0v) is 26.1. The average molecular weight is 561 g/mol. The molecule has 4 aromatic rings. The quantitative estimate of drug-likeness (QED) is 0.111. The molecule has 0 radical (unpaired) electrons. The predicted molar refractivity (Wildman–Crippen MR) is 185 cm³/mol. The van der Waals surface area contributed by atoms with Crippen molar-refractivity contribution in [1.29, 1.82) is 0 Å². The van der Waals surface area contributed by atoms with E-state index in [9.17, 15) is 0 Å². The molecule has 0 aliphatic rings. The highest BCUT2D eigenvalue weighted by atomic mass is 14.9. The van der Waals surface area contributed by atoms with Crippen molar-refractivity contribution in [2.75, 3.05) is 10.6 Å². The van der Waals surface area contributed by atoms with Crippen LogP contribution in [-0.2, 0) is 12.8 Å². The lowest BCUT2D eigenvalue weighted by atomic mass is 10.0. The minimum atomic E-state index is 1.11. The van der Waals surface area contributed by atoms with Gasteiger partial charge in [0.25, 0.3) is 0 Å². The minimum absolute atomic E-state index is 1.11. The number of benzene rings is 4. The summed E-state index contributed by atoms with van der Waals surface area (Å²) in [4.78, 5) is 0. The van der Waals surface area contributed by atoms with E-state index in [-0.39, 0.29) is 0 Å². The standard InChI is InChI=1S/C40H52N2/c1-3-5-7-9-11-13-15-33-17-25-37(26-18-33)41-39-29-21-35(22-30-39)36-23-31-40(32-24-36)42-38-27-19-34(20-28-38)16-14-12-10-8-6-4-2/h17-32,41-42H,3-16H2,1-2H3. The average Bonchev–Trinajstić information content (AvgIpc) is 3.03. The van der Waals surface area contributed by atoms with E-state index in [1.54, 1.807) is 0 Å². The fourth-order valence-electron chi connectivity index (χ4n) is 5.55. The third-order valence-corrected chi connectivity index (χ3v) is 8.23. The van der Waals surface area contributed by atoms with Crippen LogP contribution in [0.15, 0.2) is 97.1 Å². The topological polar surface area (TPSA) is 24.1 Å². The number of anilines is 4. The van der Waals surface area contributed by atoms with Gasteiger partial charge in [0.05, 0.1) is 0 Å². The second-order valence-electron chi connectivity index (χ2n) is 11.8. The lowest BCUT2D eigenvalue weighted by Crippen LogP contribution is -1.92. The van der Waals surface area contributed by atoms with Crippen molar-refractivity contribution in [2.45, 2.75) is 104 Å². The molecule has 0 spiro atoms. The molecule has 0 fully saturated rings. The van der Waals surface area contributed by atoms with Crippen LogP contribution in [0.2, 0.25) is 0 Å². The number of hydrogen-bond donors (Lipinski definition) is 2.